The quantitative estimate of drug-likeness (QED) is 0.284. The summed E-state index contributed by atoms with van der Waals surface area (Å²) in [4.78, 5) is 42.4. The summed E-state index contributed by atoms with van der Waals surface area (Å²) in [5, 5.41) is 0. The van der Waals surface area contributed by atoms with E-state index in [0.717, 1.165) is 12.8 Å². The number of benzene rings is 2. The van der Waals surface area contributed by atoms with E-state index in [0.29, 0.717) is 0 Å². The minimum Gasteiger partial charge on any atom is -0.519 e. The van der Waals surface area contributed by atoms with Crippen LogP contribution < -0.4 is 4.72 Å². The summed E-state index contributed by atoms with van der Waals surface area (Å²) in [6, 6.07) is 11.3. The number of rotatable bonds is 5. The van der Waals surface area contributed by atoms with Gasteiger partial charge in [-0.25, -0.2) is 16.8 Å². The van der Waals surface area contributed by atoms with Crippen LogP contribution in [0.4, 0.5) is 0 Å². The molecule has 1 aliphatic heterocycles. The summed E-state index contributed by atoms with van der Waals surface area (Å²) in [5.74, 6) is -1.24. The standard InChI is InChI=1S/C9H8NO4S.C8H4NO4S.2C2H6.2CH3.2Y/c1-7(12)8-4-2-3-5-9(8)15(13,14)10-6-11;10-5-9-8(11)6-3-1-2-4-7(6)14(9,12)13;2*1-2;;;;/h2-5H,1H3,(H,10,11);1-4H;2*1-2H3;2*1H3;;/q2*-1;;;2*-1;;. The fourth-order valence-corrected chi connectivity index (χ4v) is 4.65. The van der Waals surface area contributed by atoms with Gasteiger partial charge in [0.05, 0.1) is 16.2 Å². The van der Waals surface area contributed by atoms with Crippen molar-refractivity contribution in [1.82, 2.24) is 9.03 Å². The second-order valence-electron chi connectivity index (χ2n) is 5.42. The Morgan fingerprint density at radius 1 is 0.892 bits per heavy atom. The molecule has 3 amide bonds. The summed E-state index contributed by atoms with van der Waals surface area (Å²) in [5.41, 5.74) is 0.0519. The van der Waals surface area contributed by atoms with Crippen LogP contribution in [0.25, 0.3) is 0 Å². The first-order chi connectivity index (χ1) is 15.6. The molecule has 0 spiro atoms. The molecule has 0 aliphatic carbocycles. The van der Waals surface area contributed by atoms with Gasteiger partial charge in [0.15, 0.2) is 5.78 Å². The van der Waals surface area contributed by atoms with E-state index in [1.165, 1.54) is 49.4 Å². The Bertz CT molecular complexity index is 1220. The number of hydrogen-bond donors (Lipinski definition) is 1. The number of Topliss-reactive ketones (excluding diaryl/α,β-unsaturated/α-hetero) is 1. The molecule has 0 bridgehead atoms. The molecule has 2 aromatic rings. The zero-order valence-electron chi connectivity index (χ0n) is 21.8. The van der Waals surface area contributed by atoms with Crippen molar-refractivity contribution in [2.45, 2.75) is 44.4 Å². The molecule has 0 fully saturated rings. The Morgan fingerprint density at radius 3 is 1.78 bits per heavy atom. The number of sulfonamides is 2. The Morgan fingerprint density at radius 2 is 1.35 bits per heavy atom. The SMILES string of the molecule is CC.CC.CC(=O)c1ccccc1S(=O)(=O)N[C-]=O.O=[C-]N1C(=O)c2ccccc2S1(=O)=O.[CH3-].[CH3-].[Y].[Y]. The van der Waals surface area contributed by atoms with Gasteiger partial charge in [-0.15, -0.1) is 0 Å². The fourth-order valence-electron chi connectivity index (χ4n) is 2.38. The molecule has 3 rings (SSSR count). The molecule has 0 unspecified atom stereocenters. The van der Waals surface area contributed by atoms with Crippen LogP contribution in [0, 0.1) is 14.9 Å². The van der Waals surface area contributed by atoms with Gasteiger partial charge in [-0.2, -0.15) is 6.41 Å². The van der Waals surface area contributed by atoms with Crippen molar-refractivity contribution in [3.8, 4) is 0 Å². The smallest absolute Gasteiger partial charge is 0.241 e. The van der Waals surface area contributed by atoms with Crippen molar-refractivity contribution in [1.29, 1.82) is 0 Å². The maximum Gasteiger partial charge on any atom is 0.241 e. The van der Waals surface area contributed by atoms with E-state index in [-0.39, 0.29) is 111 Å². The number of hydrogen-bond acceptors (Lipinski definition) is 8. The normalized spacial score (nSPS) is 11.5. The second-order valence-corrected chi connectivity index (χ2v) is 8.83. The topological polar surface area (TPSA) is 152 Å². The number of imide groups is 1. The number of amides is 3. The predicted octanol–water partition coefficient (Wildman–Crippen LogP) is 3.08. The summed E-state index contributed by atoms with van der Waals surface area (Å²) < 4.78 is 47.4. The third-order valence-electron chi connectivity index (χ3n) is 3.64. The molecule has 0 atom stereocenters. The van der Waals surface area contributed by atoms with Crippen molar-refractivity contribution in [3.05, 3.63) is 74.5 Å². The Hall–Kier alpha value is -1.17. The molecule has 0 saturated heterocycles. The number of fused-ring (bicyclic) bond motifs is 1. The average Bonchev–Trinajstić information content (AvgIpc) is 3.02. The van der Waals surface area contributed by atoms with E-state index in [1.54, 1.807) is 10.8 Å². The van der Waals surface area contributed by atoms with Gasteiger partial charge in [-0.05, 0) is 24.6 Å². The van der Waals surface area contributed by atoms with Crippen LogP contribution in [0.5, 0.6) is 0 Å². The molecule has 2 radical (unpaired) electrons. The summed E-state index contributed by atoms with van der Waals surface area (Å²) in [6.07, 6.45) is 2.17. The molecule has 202 valence electrons. The van der Waals surface area contributed by atoms with Crippen LogP contribution in [-0.2, 0) is 95.1 Å². The fraction of sp³-hybridized carbons (Fsp3) is 0.217. The van der Waals surface area contributed by atoms with Crippen molar-refractivity contribution in [2.75, 3.05) is 0 Å². The first-order valence-electron chi connectivity index (χ1n) is 9.63. The van der Waals surface area contributed by atoms with Gasteiger partial charge in [-0.3, -0.25) is 4.79 Å². The zero-order valence-corrected chi connectivity index (χ0v) is 29.1. The molecule has 2 aromatic carbocycles. The van der Waals surface area contributed by atoms with Gasteiger partial charge in [0.1, 0.15) is 5.91 Å². The van der Waals surface area contributed by atoms with E-state index < -0.39 is 26.0 Å². The first kappa shape index (κ1) is 45.7. The van der Waals surface area contributed by atoms with Gasteiger partial charge in [0.25, 0.3) is 0 Å². The Balaban J connectivity index is -0.000000148. The van der Waals surface area contributed by atoms with Crippen LogP contribution in [0.15, 0.2) is 58.3 Å². The number of carbonyl (C=O) groups excluding carboxylic acids is 4. The molecule has 0 saturated carbocycles. The molecular weight excluding hydrogens is 674 g/mol. The van der Waals surface area contributed by atoms with Gasteiger partial charge in [0.2, 0.25) is 20.0 Å². The Labute approximate surface area is 271 Å². The molecule has 37 heavy (non-hydrogen) atoms. The molecule has 0 aromatic heterocycles. The number of nitrogens with one attached hydrogen (secondary N) is 1. The monoisotopic (exact) mass is 704 g/mol. The van der Waals surface area contributed by atoms with E-state index in [9.17, 15) is 36.0 Å². The molecule has 1 aliphatic rings. The van der Waals surface area contributed by atoms with Gasteiger partial charge in [0, 0.05) is 71.0 Å². The molecule has 1 N–H and O–H groups in total. The minimum atomic E-state index is -3.99. The van der Waals surface area contributed by atoms with E-state index in [1.807, 2.05) is 27.7 Å². The average molecular weight is 704 g/mol. The van der Waals surface area contributed by atoms with E-state index in [4.69, 9.17) is 0 Å². The summed E-state index contributed by atoms with van der Waals surface area (Å²) >= 11 is 0. The van der Waals surface area contributed by atoms with Crippen molar-refractivity contribution >= 4 is 44.6 Å². The first-order valence-corrected chi connectivity index (χ1v) is 12.6. The maximum absolute atomic E-state index is 11.5. The van der Waals surface area contributed by atoms with Gasteiger partial charge < -0.3 is 38.3 Å². The van der Waals surface area contributed by atoms with Crippen LogP contribution in [-0.4, -0.2) is 45.7 Å². The molecule has 14 heteroatoms. The van der Waals surface area contributed by atoms with E-state index in [2.05, 4.69) is 0 Å². The molecular formula is C23H30N2O8S2Y2-4. The van der Waals surface area contributed by atoms with E-state index >= 15 is 0 Å². The zero-order chi connectivity index (χ0) is 25.8. The van der Waals surface area contributed by atoms with Crippen LogP contribution in [0.2, 0.25) is 0 Å². The van der Waals surface area contributed by atoms with Crippen LogP contribution in [0.3, 0.4) is 0 Å². The van der Waals surface area contributed by atoms with Crippen molar-refractivity contribution in [2.24, 2.45) is 0 Å². The maximum atomic E-state index is 11.5. The molecule has 10 nitrogen and oxygen atoms in total. The summed E-state index contributed by atoms with van der Waals surface area (Å²) in [6.45, 7) is 9.25. The predicted molar refractivity (Wildman–Crippen MR) is 133 cm³/mol. The molecule has 1 heterocycles. The van der Waals surface area contributed by atoms with Crippen LogP contribution >= 0.6 is 0 Å². The third kappa shape index (κ3) is 11.6. The number of carbonyl (C=O) groups is 2. The summed E-state index contributed by atoms with van der Waals surface area (Å²) in [7, 11) is -7.97. The van der Waals surface area contributed by atoms with Crippen molar-refractivity contribution < 1.29 is 101 Å². The van der Waals surface area contributed by atoms with Crippen LogP contribution in [0.1, 0.15) is 55.3 Å². The minimum absolute atomic E-state index is 0. The number of nitrogens with zero attached hydrogens (tertiary/aromatic N) is 1. The Kier molecular flexibility index (Phi) is 26.9. The number of ketones is 1. The van der Waals surface area contributed by atoms with Gasteiger partial charge in [-0.1, -0.05) is 64.1 Å². The van der Waals surface area contributed by atoms with Gasteiger partial charge >= 0.3 is 0 Å². The van der Waals surface area contributed by atoms with Crippen molar-refractivity contribution in [3.63, 3.8) is 0 Å². The second kappa shape index (κ2) is 21.7. The largest absolute Gasteiger partial charge is 0.519 e. The third-order valence-corrected chi connectivity index (χ3v) is 6.55.